The Morgan fingerprint density at radius 1 is 0.962 bits per heavy atom. The summed E-state index contributed by atoms with van der Waals surface area (Å²) in [7, 11) is 0. The molecule has 2 aromatic carbocycles. The van der Waals surface area contributed by atoms with Crippen LogP contribution in [0.2, 0.25) is 0 Å². The zero-order valence-corrected chi connectivity index (χ0v) is 14.8. The Kier molecular flexibility index (Phi) is 4.78. The molecule has 1 saturated heterocycles. The van der Waals surface area contributed by atoms with Crippen LogP contribution in [0.3, 0.4) is 0 Å². The highest BCUT2D eigenvalue weighted by Gasteiger charge is 2.41. The summed E-state index contributed by atoms with van der Waals surface area (Å²) in [5.74, 6) is 0. The molecule has 2 unspecified atom stereocenters. The number of piperazine rings is 1. The van der Waals surface area contributed by atoms with E-state index < -0.39 is 11.8 Å². The van der Waals surface area contributed by atoms with Crippen LogP contribution in [0.25, 0.3) is 10.9 Å². The minimum absolute atomic E-state index is 0.416. The second kappa shape index (κ2) is 7.21. The van der Waals surface area contributed by atoms with Crippen molar-refractivity contribution in [3.05, 3.63) is 72.4 Å². The Morgan fingerprint density at radius 2 is 1.65 bits per heavy atom. The monoisotopic (exact) mass is 351 g/mol. The minimum Gasteiger partial charge on any atom is -0.386 e. The lowest BCUT2D eigenvalue weighted by molar-refractivity contribution is -0.110. The van der Waals surface area contributed by atoms with Gasteiger partial charge in [0.15, 0.2) is 5.72 Å². The van der Waals surface area contributed by atoms with Crippen molar-refractivity contribution in [1.29, 1.82) is 0 Å². The molecular formula is C21H25N3O2. The van der Waals surface area contributed by atoms with Gasteiger partial charge in [0, 0.05) is 44.5 Å². The molecule has 5 nitrogen and oxygen atoms in total. The van der Waals surface area contributed by atoms with Gasteiger partial charge >= 0.3 is 0 Å². The SMILES string of the molecule is OC(CN1CCNCC1)C(O)(c1ccccc1)n1ccc2ccccc21. The van der Waals surface area contributed by atoms with Crippen molar-refractivity contribution >= 4 is 10.9 Å². The normalized spacial score (nSPS) is 19.3. The van der Waals surface area contributed by atoms with Gasteiger partial charge in [0.25, 0.3) is 0 Å². The number of fused-ring (bicyclic) bond motifs is 1. The summed E-state index contributed by atoms with van der Waals surface area (Å²) in [5, 5.41) is 27.3. The lowest BCUT2D eigenvalue weighted by Gasteiger charge is -2.39. The Bertz CT molecular complexity index is 858. The number of hydrogen-bond donors (Lipinski definition) is 3. The fraction of sp³-hybridized carbons (Fsp3) is 0.333. The molecule has 2 atom stereocenters. The number of para-hydroxylation sites is 1. The number of aliphatic hydroxyl groups excluding tert-OH is 1. The van der Waals surface area contributed by atoms with Crippen LogP contribution in [0.4, 0.5) is 0 Å². The molecule has 1 aromatic heterocycles. The third-order valence-corrected chi connectivity index (χ3v) is 5.27. The number of aromatic nitrogens is 1. The first-order chi connectivity index (χ1) is 12.7. The van der Waals surface area contributed by atoms with Crippen LogP contribution >= 0.6 is 0 Å². The molecule has 0 amide bonds. The number of rotatable bonds is 5. The summed E-state index contributed by atoms with van der Waals surface area (Å²) < 4.78 is 1.80. The van der Waals surface area contributed by atoms with E-state index in [2.05, 4.69) is 10.2 Å². The first-order valence-electron chi connectivity index (χ1n) is 9.15. The molecule has 3 aromatic rings. The number of aliphatic hydroxyl groups is 2. The smallest absolute Gasteiger partial charge is 0.196 e. The molecule has 1 fully saturated rings. The Morgan fingerprint density at radius 3 is 2.42 bits per heavy atom. The van der Waals surface area contributed by atoms with Gasteiger partial charge in [-0.25, -0.2) is 0 Å². The summed E-state index contributed by atoms with van der Waals surface area (Å²) in [5.41, 5.74) is 0.0529. The van der Waals surface area contributed by atoms with Gasteiger partial charge in [-0.2, -0.15) is 0 Å². The molecule has 0 saturated carbocycles. The lowest BCUT2D eigenvalue weighted by atomic mass is 9.95. The summed E-state index contributed by atoms with van der Waals surface area (Å²) in [6.45, 7) is 3.97. The maximum absolute atomic E-state index is 11.8. The first-order valence-corrected chi connectivity index (χ1v) is 9.15. The van der Waals surface area contributed by atoms with Crippen LogP contribution in [0.5, 0.6) is 0 Å². The topological polar surface area (TPSA) is 60.7 Å². The fourth-order valence-electron chi connectivity index (χ4n) is 3.82. The highest BCUT2D eigenvalue weighted by Crippen LogP contribution is 2.32. The third kappa shape index (κ3) is 3.04. The van der Waals surface area contributed by atoms with E-state index in [0.29, 0.717) is 12.1 Å². The molecule has 4 rings (SSSR count). The van der Waals surface area contributed by atoms with Crippen molar-refractivity contribution in [3.8, 4) is 0 Å². The standard InChI is InChI=1S/C21H25N3O2/c25-20(16-23-14-11-22-12-15-23)21(26,18-7-2-1-3-8-18)24-13-10-17-6-4-5-9-19(17)24/h1-10,13,20,22,25-26H,11-12,14-16H2. The van der Waals surface area contributed by atoms with Crippen LogP contribution in [0.15, 0.2) is 66.9 Å². The summed E-state index contributed by atoms with van der Waals surface area (Å²) in [4.78, 5) is 2.20. The molecule has 0 aliphatic carbocycles. The fourth-order valence-corrected chi connectivity index (χ4v) is 3.82. The van der Waals surface area contributed by atoms with Gasteiger partial charge in [-0.15, -0.1) is 0 Å². The van der Waals surface area contributed by atoms with Crippen molar-refractivity contribution in [3.63, 3.8) is 0 Å². The predicted octanol–water partition coefficient (Wildman–Crippen LogP) is 1.60. The van der Waals surface area contributed by atoms with Crippen LogP contribution in [0, 0.1) is 0 Å². The van der Waals surface area contributed by atoms with Crippen molar-refractivity contribution in [2.45, 2.75) is 11.8 Å². The van der Waals surface area contributed by atoms with E-state index >= 15 is 0 Å². The van der Waals surface area contributed by atoms with Crippen LogP contribution in [0.1, 0.15) is 5.56 Å². The minimum atomic E-state index is -1.53. The number of β-amino-alcohol motifs (C(OH)–C–C–N with tert-alkyl or cyclic N) is 1. The van der Waals surface area contributed by atoms with E-state index in [1.165, 1.54) is 0 Å². The van der Waals surface area contributed by atoms with E-state index in [9.17, 15) is 10.2 Å². The zero-order chi connectivity index (χ0) is 18.0. The molecule has 5 heteroatoms. The summed E-state index contributed by atoms with van der Waals surface area (Å²) in [6, 6.07) is 19.3. The molecular weight excluding hydrogens is 326 g/mol. The second-order valence-electron chi connectivity index (χ2n) is 6.90. The van der Waals surface area contributed by atoms with Crippen LogP contribution in [-0.2, 0) is 5.72 Å². The van der Waals surface area contributed by atoms with Gasteiger partial charge in [-0.3, -0.25) is 4.90 Å². The van der Waals surface area contributed by atoms with Crippen LogP contribution in [-0.4, -0.2) is 58.5 Å². The van der Waals surface area contributed by atoms with E-state index in [-0.39, 0.29) is 0 Å². The maximum atomic E-state index is 11.8. The maximum Gasteiger partial charge on any atom is 0.196 e. The van der Waals surface area contributed by atoms with Crippen molar-refractivity contribution < 1.29 is 10.2 Å². The lowest BCUT2D eigenvalue weighted by Crippen LogP contribution is -2.54. The zero-order valence-electron chi connectivity index (χ0n) is 14.8. The van der Waals surface area contributed by atoms with Crippen LogP contribution < -0.4 is 5.32 Å². The molecule has 0 spiro atoms. The Labute approximate surface area is 153 Å². The van der Waals surface area contributed by atoms with E-state index in [4.69, 9.17) is 0 Å². The molecule has 0 radical (unpaired) electrons. The van der Waals surface area contributed by atoms with E-state index in [1.807, 2.05) is 66.9 Å². The Balaban J connectivity index is 1.77. The molecule has 3 N–H and O–H groups in total. The van der Waals surface area contributed by atoms with Crippen molar-refractivity contribution in [2.24, 2.45) is 0 Å². The average Bonchev–Trinajstić information content (AvgIpc) is 3.13. The summed E-state index contributed by atoms with van der Waals surface area (Å²) in [6.07, 6.45) is 0.900. The second-order valence-corrected chi connectivity index (χ2v) is 6.90. The quantitative estimate of drug-likeness (QED) is 0.654. The average molecular weight is 351 g/mol. The molecule has 2 heterocycles. The molecule has 1 aliphatic heterocycles. The van der Waals surface area contributed by atoms with E-state index in [0.717, 1.165) is 37.1 Å². The van der Waals surface area contributed by atoms with Crippen molar-refractivity contribution in [1.82, 2.24) is 14.8 Å². The largest absolute Gasteiger partial charge is 0.386 e. The number of hydrogen-bond acceptors (Lipinski definition) is 4. The van der Waals surface area contributed by atoms with Crippen molar-refractivity contribution in [2.75, 3.05) is 32.7 Å². The molecule has 136 valence electrons. The number of nitrogens with zero attached hydrogens (tertiary/aromatic N) is 2. The highest BCUT2D eigenvalue weighted by molar-refractivity contribution is 5.80. The van der Waals surface area contributed by atoms with Gasteiger partial charge in [-0.05, 0) is 17.5 Å². The highest BCUT2D eigenvalue weighted by atomic mass is 16.4. The molecule has 1 aliphatic rings. The molecule has 0 bridgehead atoms. The van der Waals surface area contributed by atoms with E-state index in [1.54, 1.807) is 4.57 Å². The molecule has 26 heavy (non-hydrogen) atoms. The van der Waals surface area contributed by atoms with Gasteiger partial charge in [0.1, 0.15) is 6.10 Å². The first kappa shape index (κ1) is 17.2. The van der Waals surface area contributed by atoms with Gasteiger partial charge in [0.05, 0.1) is 5.52 Å². The van der Waals surface area contributed by atoms with Gasteiger partial charge < -0.3 is 20.1 Å². The predicted molar refractivity (Wildman–Crippen MR) is 103 cm³/mol. The Hall–Kier alpha value is -2.18. The number of benzene rings is 2. The van der Waals surface area contributed by atoms with Gasteiger partial charge in [0.2, 0.25) is 0 Å². The van der Waals surface area contributed by atoms with Gasteiger partial charge in [-0.1, -0.05) is 48.5 Å². The summed E-state index contributed by atoms with van der Waals surface area (Å²) >= 11 is 0. The number of nitrogens with one attached hydrogen (secondary N) is 1. The third-order valence-electron chi connectivity index (χ3n) is 5.27.